The van der Waals surface area contributed by atoms with E-state index in [9.17, 15) is 21.6 Å². The summed E-state index contributed by atoms with van der Waals surface area (Å²) in [5.41, 5.74) is 0.502. The number of rotatable bonds is 3. The molecular weight excluding hydrogens is 347 g/mol. The summed E-state index contributed by atoms with van der Waals surface area (Å²) >= 11 is 1.30. The average Bonchev–Trinajstić information content (AvgIpc) is 2.50. The Morgan fingerprint density at radius 3 is 2.65 bits per heavy atom. The maximum atomic E-state index is 13.8. The molecule has 8 heteroatoms. The molecule has 1 aliphatic rings. The van der Waals surface area contributed by atoms with E-state index in [1.807, 2.05) is 0 Å². The van der Waals surface area contributed by atoms with Gasteiger partial charge in [-0.05, 0) is 42.0 Å². The van der Waals surface area contributed by atoms with Crippen LogP contribution in [0.2, 0.25) is 0 Å². The second-order valence-electron chi connectivity index (χ2n) is 5.04. The Labute approximate surface area is 136 Å². The molecule has 2 aromatic carbocycles. The molecule has 0 amide bonds. The zero-order valence-electron chi connectivity index (χ0n) is 11.7. The number of nitrogens with one attached hydrogen (secondary N) is 1. The molecule has 1 atom stereocenters. The lowest BCUT2D eigenvalue weighted by Crippen LogP contribution is -2.31. The molecule has 0 fully saturated rings. The highest BCUT2D eigenvalue weighted by Gasteiger charge is 2.29. The number of hydrogen-bond donors (Lipinski definition) is 1. The molecule has 0 spiro atoms. The Hall–Kier alpha value is -1.51. The van der Waals surface area contributed by atoms with Crippen molar-refractivity contribution in [1.82, 2.24) is 4.72 Å². The van der Waals surface area contributed by atoms with Gasteiger partial charge >= 0.3 is 0 Å². The predicted octanol–water partition coefficient (Wildman–Crippen LogP) is 3.62. The van der Waals surface area contributed by atoms with Gasteiger partial charge in [-0.25, -0.2) is 26.3 Å². The van der Waals surface area contributed by atoms with Crippen molar-refractivity contribution in [2.45, 2.75) is 22.3 Å². The third kappa shape index (κ3) is 3.24. The Morgan fingerprint density at radius 2 is 1.87 bits per heavy atom. The maximum Gasteiger partial charge on any atom is 0.244 e. The van der Waals surface area contributed by atoms with Crippen LogP contribution in [0.3, 0.4) is 0 Å². The van der Waals surface area contributed by atoms with E-state index in [4.69, 9.17) is 0 Å². The van der Waals surface area contributed by atoms with Gasteiger partial charge in [-0.1, -0.05) is 12.1 Å². The number of benzene rings is 2. The van der Waals surface area contributed by atoms with Crippen LogP contribution in [-0.2, 0) is 10.0 Å². The summed E-state index contributed by atoms with van der Waals surface area (Å²) in [4.78, 5) is -0.375. The molecule has 1 aliphatic heterocycles. The van der Waals surface area contributed by atoms with E-state index >= 15 is 0 Å². The van der Waals surface area contributed by atoms with Gasteiger partial charge in [0.15, 0.2) is 0 Å². The van der Waals surface area contributed by atoms with Crippen molar-refractivity contribution in [2.24, 2.45) is 0 Å². The third-order valence-corrected chi connectivity index (χ3v) is 6.15. The van der Waals surface area contributed by atoms with E-state index < -0.39 is 38.4 Å². The highest BCUT2D eigenvalue weighted by molar-refractivity contribution is 7.99. The van der Waals surface area contributed by atoms with Crippen molar-refractivity contribution in [1.29, 1.82) is 0 Å². The molecule has 0 aliphatic carbocycles. The molecule has 1 N–H and O–H groups in total. The molecule has 0 unspecified atom stereocenters. The second-order valence-corrected chi connectivity index (χ2v) is 7.83. The van der Waals surface area contributed by atoms with E-state index in [0.717, 1.165) is 12.1 Å². The van der Waals surface area contributed by atoms with Gasteiger partial charge in [-0.3, -0.25) is 0 Å². The first-order valence-electron chi connectivity index (χ1n) is 6.77. The molecule has 1 heterocycles. The zero-order chi connectivity index (χ0) is 16.6. The molecule has 3 nitrogen and oxygen atoms in total. The lowest BCUT2D eigenvalue weighted by molar-refractivity contribution is 0.519. The van der Waals surface area contributed by atoms with Crippen molar-refractivity contribution >= 4 is 21.8 Å². The van der Waals surface area contributed by atoms with Crippen LogP contribution >= 0.6 is 11.8 Å². The number of hydrogen-bond acceptors (Lipinski definition) is 3. The van der Waals surface area contributed by atoms with Crippen molar-refractivity contribution in [3.63, 3.8) is 0 Å². The van der Waals surface area contributed by atoms with Crippen LogP contribution in [0.4, 0.5) is 13.2 Å². The molecule has 0 aromatic heterocycles. The van der Waals surface area contributed by atoms with Gasteiger partial charge in [-0.15, -0.1) is 11.8 Å². The van der Waals surface area contributed by atoms with Crippen LogP contribution in [0.1, 0.15) is 18.0 Å². The lowest BCUT2D eigenvalue weighted by Gasteiger charge is -2.26. The molecule has 0 saturated heterocycles. The van der Waals surface area contributed by atoms with E-state index in [0.29, 0.717) is 28.7 Å². The van der Waals surface area contributed by atoms with Crippen molar-refractivity contribution in [2.75, 3.05) is 5.75 Å². The van der Waals surface area contributed by atoms with Crippen LogP contribution in [0.5, 0.6) is 0 Å². The Kier molecular flexibility index (Phi) is 4.39. The highest BCUT2D eigenvalue weighted by Crippen LogP contribution is 2.38. The summed E-state index contributed by atoms with van der Waals surface area (Å²) in [5.74, 6) is -1.79. The fraction of sp³-hybridized carbons (Fsp3) is 0.200. The SMILES string of the molecule is O=S(=O)(N[C@@H]1CCSc2c(F)cccc21)c1cc(F)ccc1F. The predicted molar refractivity (Wildman–Crippen MR) is 81.2 cm³/mol. The molecule has 3 rings (SSSR count). The highest BCUT2D eigenvalue weighted by atomic mass is 32.2. The van der Waals surface area contributed by atoms with Gasteiger partial charge in [0.25, 0.3) is 0 Å². The summed E-state index contributed by atoms with van der Waals surface area (Å²) < 4.78 is 67.8. The van der Waals surface area contributed by atoms with E-state index in [1.165, 1.54) is 23.9 Å². The van der Waals surface area contributed by atoms with Crippen molar-refractivity contribution in [3.8, 4) is 0 Å². The average molecular weight is 359 g/mol. The molecule has 0 radical (unpaired) electrons. The fourth-order valence-corrected chi connectivity index (χ4v) is 4.92. The van der Waals surface area contributed by atoms with Gasteiger partial charge in [0.1, 0.15) is 22.3 Å². The summed E-state index contributed by atoms with van der Waals surface area (Å²) in [6.07, 6.45) is 0.428. The smallest absolute Gasteiger partial charge is 0.207 e. The summed E-state index contributed by atoms with van der Waals surface area (Å²) in [6, 6.07) is 5.96. The first-order chi connectivity index (χ1) is 10.9. The first kappa shape index (κ1) is 16.4. The number of halogens is 3. The topological polar surface area (TPSA) is 46.2 Å². The standard InChI is InChI=1S/C15H12F3NO2S2/c16-9-4-5-11(17)14(8-9)23(20,21)19-13-6-7-22-15-10(13)2-1-3-12(15)18/h1-5,8,13,19H,6-7H2/t13-/m1/s1. The van der Waals surface area contributed by atoms with Crippen LogP contribution in [0.25, 0.3) is 0 Å². The Balaban J connectivity index is 1.97. The quantitative estimate of drug-likeness (QED) is 0.911. The zero-order valence-corrected chi connectivity index (χ0v) is 13.4. The molecule has 2 aromatic rings. The molecule has 0 saturated carbocycles. The van der Waals surface area contributed by atoms with E-state index in [-0.39, 0.29) is 0 Å². The van der Waals surface area contributed by atoms with Crippen LogP contribution in [0, 0.1) is 17.5 Å². The lowest BCUT2D eigenvalue weighted by atomic mass is 10.0. The number of thioether (sulfide) groups is 1. The molecular formula is C15H12F3NO2S2. The fourth-order valence-electron chi connectivity index (χ4n) is 2.44. The molecule has 122 valence electrons. The van der Waals surface area contributed by atoms with Crippen LogP contribution in [0.15, 0.2) is 46.2 Å². The van der Waals surface area contributed by atoms with Crippen LogP contribution < -0.4 is 4.72 Å². The minimum Gasteiger partial charge on any atom is -0.207 e. The van der Waals surface area contributed by atoms with Crippen molar-refractivity contribution in [3.05, 3.63) is 59.4 Å². The minimum atomic E-state index is -4.27. The second kappa shape index (κ2) is 6.18. The number of fused-ring (bicyclic) bond motifs is 1. The van der Waals surface area contributed by atoms with Gasteiger partial charge in [0.05, 0.1) is 0 Å². The number of sulfonamides is 1. The maximum absolute atomic E-state index is 13.8. The van der Waals surface area contributed by atoms with Gasteiger partial charge in [0, 0.05) is 10.9 Å². The van der Waals surface area contributed by atoms with E-state index in [2.05, 4.69) is 4.72 Å². The largest absolute Gasteiger partial charge is 0.244 e. The van der Waals surface area contributed by atoms with Crippen LogP contribution in [-0.4, -0.2) is 14.2 Å². The monoisotopic (exact) mass is 359 g/mol. The Morgan fingerprint density at radius 1 is 1.09 bits per heavy atom. The minimum absolute atomic E-state index is 0.381. The molecule has 23 heavy (non-hydrogen) atoms. The van der Waals surface area contributed by atoms with Gasteiger partial charge < -0.3 is 0 Å². The van der Waals surface area contributed by atoms with E-state index in [1.54, 1.807) is 6.07 Å². The summed E-state index contributed by atoms with van der Waals surface area (Å²) in [5, 5.41) is 0. The summed E-state index contributed by atoms with van der Waals surface area (Å²) in [7, 11) is -4.27. The normalized spacial score (nSPS) is 17.8. The molecule has 0 bridgehead atoms. The summed E-state index contributed by atoms with van der Waals surface area (Å²) in [6.45, 7) is 0. The first-order valence-corrected chi connectivity index (χ1v) is 9.24. The van der Waals surface area contributed by atoms with Gasteiger partial charge in [-0.2, -0.15) is 0 Å². The van der Waals surface area contributed by atoms with Crippen molar-refractivity contribution < 1.29 is 21.6 Å². The third-order valence-electron chi connectivity index (χ3n) is 3.51. The Bertz CT molecular complexity index is 856. The van der Waals surface area contributed by atoms with Gasteiger partial charge in [0.2, 0.25) is 10.0 Å².